The molecule has 0 aliphatic carbocycles. The fraction of sp³-hybridized carbons (Fsp3) is 0.269. The summed E-state index contributed by atoms with van der Waals surface area (Å²) < 4.78 is 6.06. The van der Waals surface area contributed by atoms with Crippen LogP contribution in [0.5, 0.6) is 0 Å². The Labute approximate surface area is 175 Å². The van der Waals surface area contributed by atoms with Crippen LogP contribution in [0.3, 0.4) is 0 Å². The summed E-state index contributed by atoms with van der Waals surface area (Å²) in [5, 5.41) is 2.78. The maximum Gasteiger partial charge on any atom is 0.184 e. The second-order valence-electron chi connectivity index (χ2n) is 7.82. The van der Waals surface area contributed by atoms with Gasteiger partial charge in [-0.05, 0) is 30.0 Å². The highest BCUT2D eigenvalue weighted by Gasteiger charge is 2.30. The average Bonchev–Trinajstić information content (AvgIpc) is 3.25. The van der Waals surface area contributed by atoms with Gasteiger partial charge in [0.2, 0.25) is 0 Å². The molecule has 0 bridgehead atoms. The third-order valence-corrected chi connectivity index (χ3v) is 8.25. The first-order chi connectivity index (χ1) is 14.2. The third kappa shape index (κ3) is 4.77. The van der Waals surface area contributed by atoms with E-state index in [-0.39, 0.29) is 6.04 Å². The van der Waals surface area contributed by atoms with Gasteiger partial charge < -0.3 is 4.74 Å². The van der Waals surface area contributed by atoms with Gasteiger partial charge >= 0.3 is 0 Å². The molecule has 0 fully saturated rings. The highest BCUT2D eigenvalue weighted by Crippen LogP contribution is 2.51. The van der Waals surface area contributed by atoms with Crippen molar-refractivity contribution in [2.45, 2.75) is 32.0 Å². The minimum Gasteiger partial charge on any atom is -0.479 e. The number of rotatable bonds is 7. The fourth-order valence-electron chi connectivity index (χ4n) is 3.78. The van der Waals surface area contributed by atoms with Gasteiger partial charge in [0.25, 0.3) is 0 Å². The zero-order valence-electron chi connectivity index (χ0n) is 17.1. The predicted molar refractivity (Wildman–Crippen MR) is 125 cm³/mol. The van der Waals surface area contributed by atoms with E-state index in [9.17, 15) is 0 Å². The van der Waals surface area contributed by atoms with Gasteiger partial charge in [0.15, 0.2) is 5.90 Å². The van der Waals surface area contributed by atoms with Gasteiger partial charge in [-0.3, -0.25) is 0 Å². The van der Waals surface area contributed by atoms with E-state index in [1.807, 2.05) is 0 Å². The predicted octanol–water partition coefficient (Wildman–Crippen LogP) is 5.70. The molecule has 1 aliphatic heterocycles. The standard InChI is InChI=1S/C26H28NOP/c1-20(2)24-19-28-26(27-24)18-25(21-12-6-3-7-13-21)29(22-14-8-4-9-15-22)23-16-10-5-11-17-23/h3-17,20,24-25H,18-19H2,1-2H3/t24-,25-/m0/s1. The molecule has 29 heavy (non-hydrogen) atoms. The summed E-state index contributed by atoms with van der Waals surface area (Å²) >= 11 is 0. The van der Waals surface area contributed by atoms with Crippen molar-refractivity contribution < 1.29 is 4.74 Å². The summed E-state index contributed by atoms with van der Waals surface area (Å²) in [6, 6.07) is 33.0. The van der Waals surface area contributed by atoms with Crippen LogP contribution in [0, 0.1) is 5.92 Å². The molecule has 0 unspecified atom stereocenters. The lowest BCUT2D eigenvalue weighted by Crippen LogP contribution is -2.19. The molecule has 1 aliphatic rings. The van der Waals surface area contributed by atoms with Gasteiger partial charge in [-0.1, -0.05) is 105 Å². The highest BCUT2D eigenvalue weighted by molar-refractivity contribution is 7.73. The smallest absolute Gasteiger partial charge is 0.184 e. The lowest BCUT2D eigenvalue weighted by atomic mass is 10.1. The van der Waals surface area contributed by atoms with Crippen molar-refractivity contribution in [3.63, 3.8) is 0 Å². The molecule has 148 valence electrons. The van der Waals surface area contributed by atoms with Crippen LogP contribution in [-0.4, -0.2) is 18.5 Å². The fourth-order valence-corrected chi connectivity index (χ4v) is 6.59. The van der Waals surface area contributed by atoms with E-state index < -0.39 is 7.92 Å². The topological polar surface area (TPSA) is 21.6 Å². The van der Waals surface area contributed by atoms with Gasteiger partial charge in [0.1, 0.15) is 6.61 Å². The summed E-state index contributed by atoms with van der Waals surface area (Å²) in [5.74, 6) is 1.42. The minimum atomic E-state index is -0.597. The Morgan fingerprint density at radius 1 is 0.828 bits per heavy atom. The van der Waals surface area contributed by atoms with Crippen LogP contribution >= 0.6 is 7.92 Å². The van der Waals surface area contributed by atoms with E-state index in [1.165, 1.54) is 16.2 Å². The Morgan fingerprint density at radius 3 is 1.83 bits per heavy atom. The van der Waals surface area contributed by atoms with Gasteiger partial charge in [0.05, 0.1) is 6.04 Å². The van der Waals surface area contributed by atoms with Crippen LogP contribution in [0.25, 0.3) is 0 Å². The van der Waals surface area contributed by atoms with Crippen LogP contribution < -0.4 is 10.6 Å². The summed E-state index contributed by atoms with van der Waals surface area (Å²) in [6.07, 6.45) is 0.836. The van der Waals surface area contributed by atoms with Crippen molar-refractivity contribution >= 4 is 24.4 Å². The zero-order valence-corrected chi connectivity index (χ0v) is 18.0. The van der Waals surface area contributed by atoms with Crippen molar-refractivity contribution in [2.75, 3.05) is 6.61 Å². The Morgan fingerprint density at radius 2 is 1.34 bits per heavy atom. The Bertz CT molecular complexity index is 885. The molecule has 0 aromatic heterocycles. The highest BCUT2D eigenvalue weighted by atomic mass is 31.1. The largest absolute Gasteiger partial charge is 0.479 e. The first-order valence-electron chi connectivity index (χ1n) is 10.4. The van der Waals surface area contributed by atoms with E-state index in [0.29, 0.717) is 18.2 Å². The maximum absolute atomic E-state index is 6.06. The summed E-state index contributed by atoms with van der Waals surface area (Å²) in [5.41, 5.74) is 1.67. The van der Waals surface area contributed by atoms with E-state index in [2.05, 4.69) is 105 Å². The molecule has 0 spiro atoms. The molecule has 0 saturated heterocycles. The molecule has 0 saturated carbocycles. The minimum absolute atomic E-state index is 0.279. The monoisotopic (exact) mass is 401 g/mol. The lowest BCUT2D eigenvalue weighted by molar-refractivity contribution is 0.285. The van der Waals surface area contributed by atoms with Gasteiger partial charge in [-0.25, -0.2) is 4.99 Å². The Balaban J connectivity index is 1.76. The van der Waals surface area contributed by atoms with E-state index in [4.69, 9.17) is 9.73 Å². The van der Waals surface area contributed by atoms with Crippen molar-refractivity contribution in [3.05, 3.63) is 96.6 Å². The summed E-state index contributed by atoms with van der Waals surface area (Å²) in [7, 11) is -0.597. The van der Waals surface area contributed by atoms with Gasteiger partial charge in [-0.15, -0.1) is 0 Å². The van der Waals surface area contributed by atoms with E-state index in [1.54, 1.807) is 0 Å². The number of nitrogens with zero attached hydrogens (tertiary/aromatic N) is 1. The molecular formula is C26H28NOP. The summed E-state index contributed by atoms with van der Waals surface area (Å²) in [4.78, 5) is 4.93. The quantitative estimate of drug-likeness (QED) is 0.465. The normalized spacial score (nSPS) is 17.2. The third-order valence-electron chi connectivity index (χ3n) is 5.43. The van der Waals surface area contributed by atoms with Crippen molar-refractivity contribution in [1.82, 2.24) is 0 Å². The molecule has 0 N–H and O–H groups in total. The van der Waals surface area contributed by atoms with Crippen LogP contribution in [0.2, 0.25) is 0 Å². The molecule has 3 heteroatoms. The molecule has 3 aromatic carbocycles. The maximum atomic E-state index is 6.06. The van der Waals surface area contributed by atoms with Crippen molar-refractivity contribution in [1.29, 1.82) is 0 Å². The second kappa shape index (κ2) is 9.37. The zero-order chi connectivity index (χ0) is 20.1. The number of benzene rings is 3. The Hall–Kier alpha value is -2.44. The van der Waals surface area contributed by atoms with Gasteiger partial charge in [0, 0.05) is 12.1 Å². The molecule has 1 heterocycles. The van der Waals surface area contributed by atoms with Crippen LogP contribution in [0.1, 0.15) is 31.5 Å². The van der Waals surface area contributed by atoms with E-state index in [0.717, 1.165) is 12.3 Å². The first-order valence-corrected chi connectivity index (χ1v) is 11.8. The lowest BCUT2D eigenvalue weighted by Gasteiger charge is -2.29. The van der Waals surface area contributed by atoms with Crippen LogP contribution in [0.4, 0.5) is 0 Å². The average molecular weight is 401 g/mol. The molecule has 0 amide bonds. The molecule has 0 radical (unpaired) electrons. The second-order valence-corrected chi connectivity index (χ2v) is 10.2. The molecule has 2 nitrogen and oxygen atoms in total. The van der Waals surface area contributed by atoms with Crippen LogP contribution in [0.15, 0.2) is 96.0 Å². The Kier molecular flexibility index (Phi) is 6.42. The van der Waals surface area contributed by atoms with Crippen LogP contribution in [-0.2, 0) is 4.74 Å². The number of hydrogen-bond donors (Lipinski definition) is 0. The molecular weight excluding hydrogens is 373 g/mol. The molecule has 3 aromatic rings. The number of hydrogen-bond acceptors (Lipinski definition) is 2. The first kappa shape index (κ1) is 19.9. The van der Waals surface area contributed by atoms with Crippen molar-refractivity contribution in [3.8, 4) is 0 Å². The SMILES string of the molecule is CC(C)[C@@H]1COC(C[C@@H](c2ccccc2)P(c2ccccc2)c2ccccc2)=N1. The van der Waals surface area contributed by atoms with Crippen molar-refractivity contribution in [2.24, 2.45) is 10.9 Å². The van der Waals surface area contributed by atoms with E-state index >= 15 is 0 Å². The summed E-state index contributed by atoms with van der Waals surface area (Å²) in [6.45, 7) is 5.15. The number of aliphatic imine (C=N–C) groups is 1. The number of ether oxygens (including phenoxy) is 1. The molecule has 2 atom stereocenters. The molecule has 4 rings (SSSR count). The van der Waals surface area contributed by atoms with Gasteiger partial charge in [-0.2, -0.15) is 0 Å².